The standard InChI is InChI=1S/C29H32Br2N4O4S/c1-28(2,3)29(11-10-21(35(29)27(38)39)24(36)17-5-4-12-32-15-17)14-16-6-8-20(19(30)13-16)33-25(37)18-7-9-22-23(18)34-26(31)40-22/h4-6,8,12-13,15,18,21,24,36H,7,9-11,14H2,1-3H3,(H,33,37)(H,38,39)/t18-,21-,24-,29+/m1/s1. The smallest absolute Gasteiger partial charge is 0.408 e. The molecule has 1 aliphatic heterocycles. The number of thiazole rings is 1. The highest BCUT2D eigenvalue weighted by Gasteiger charge is 2.57. The maximum Gasteiger partial charge on any atom is 0.408 e. The van der Waals surface area contributed by atoms with E-state index in [0.29, 0.717) is 30.5 Å². The van der Waals surface area contributed by atoms with Crippen LogP contribution in [0.5, 0.6) is 0 Å². The number of likely N-dealkylation sites (tertiary alicyclic amines) is 1. The molecule has 5 rings (SSSR count). The minimum Gasteiger partial charge on any atom is -0.465 e. The van der Waals surface area contributed by atoms with E-state index in [9.17, 15) is 19.8 Å². The van der Waals surface area contributed by atoms with Gasteiger partial charge in [-0.15, -0.1) is 11.3 Å². The number of aliphatic hydroxyl groups is 1. The Bertz CT molecular complexity index is 1430. The van der Waals surface area contributed by atoms with E-state index in [2.05, 4.69) is 67.9 Å². The number of anilines is 1. The molecule has 3 aromatic rings. The van der Waals surface area contributed by atoms with E-state index >= 15 is 0 Å². The highest BCUT2D eigenvalue weighted by atomic mass is 79.9. The number of carbonyl (C=O) groups is 2. The van der Waals surface area contributed by atoms with Gasteiger partial charge in [0.15, 0.2) is 3.92 Å². The van der Waals surface area contributed by atoms with Gasteiger partial charge in [-0.2, -0.15) is 0 Å². The first kappa shape index (κ1) is 29.2. The number of hydrogen-bond donors (Lipinski definition) is 3. The van der Waals surface area contributed by atoms with Gasteiger partial charge in [-0.3, -0.25) is 14.7 Å². The summed E-state index contributed by atoms with van der Waals surface area (Å²) in [5.41, 5.74) is 1.88. The summed E-state index contributed by atoms with van der Waals surface area (Å²) >= 11 is 8.64. The van der Waals surface area contributed by atoms with E-state index in [4.69, 9.17) is 0 Å². The average molecular weight is 692 g/mol. The molecule has 1 aliphatic carbocycles. The fourth-order valence-corrected chi connectivity index (χ4v) is 8.47. The molecule has 1 saturated heterocycles. The first-order chi connectivity index (χ1) is 18.9. The van der Waals surface area contributed by atoms with Crippen LogP contribution in [0, 0.1) is 5.41 Å². The quantitative estimate of drug-likeness (QED) is 0.258. The van der Waals surface area contributed by atoms with E-state index in [1.165, 1.54) is 4.90 Å². The fraction of sp³-hybridized carbons (Fsp3) is 0.448. The molecule has 1 fully saturated rings. The highest BCUT2D eigenvalue weighted by molar-refractivity contribution is 9.11. The number of nitrogens with zero attached hydrogens (tertiary/aromatic N) is 3. The molecule has 0 unspecified atom stereocenters. The Morgan fingerprint density at radius 2 is 2.02 bits per heavy atom. The van der Waals surface area contributed by atoms with E-state index in [0.717, 1.165) is 37.4 Å². The lowest BCUT2D eigenvalue weighted by Gasteiger charge is -2.49. The maximum absolute atomic E-state index is 13.1. The number of aromatic nitrogens is 2. The van der Waals surface area contributed by atoms with Crippen LogP contribution < -0.4 is 5.32 Å². The second kappa shape index (κ2) is 11.2. The maximum atomic E-state index is 13.1. The lowest BCUT2D eigenvalue weighted by molar-refractivity contribution is -0.117. The second-order valence-electron chi connectivity index (χ2n) is 11.6. The van der Waals surface area contributed by atoms with Gasteiger partial charge in [0.05, 0.1) is 28.9 Å². The van der Waals surface area contributed by atoms with Crippen LogP contribution in [0.3, 0.4) is 0 Å². The van der Waals surface area contributed by atoms with E-state index < -0.39 is 29.2 Å². The molecule has 40 heavy (non-hydrogen) atoms. The van der Waals surface area contributed by atoms with E-state index in [1.54, 1.807) is 35.9 Å². The van der Waals surface area contributed by atoms with Crippen LogP contribution in [0.25, 0.3) is 0 Å². The zero-order chi connectivity index (χ0) is 28.8. The van der Waals surface area contributed by atoms with Crippen LogP contribution in [0.15, 0.2) is 51.1 Å². The first-order valence-electron chi connectivity index (χ1n) is 13.3. The summed E-state index contributed by atoms with van der Waals surface area (Å²) in [6.45, 7) is 6.16. The Kier molecular flexibility index (Phi) is 8.13. The van der Waals surface area contributed by atoms with Gasteiger partial charge in [-0.1, -0.05) is 32.9 Å². The zero-order valence-corrected chi connectivity index (χ0v) is 26.5. The fourth-order valence-electron chi connectivity index (χ4n) is 6.31. The Labute approximate surface area is 254 Å². The molecule has 1 aromatic carbocycles. The monoisotopic (exact) mass is 690 g/mol. The van der Waals surface area contributed by atoms with Crippen LogP contribution in [0.1, 0.15) is 73.8 Å². The molecule has 11 heteroatoms. The molecule has 0 spiro atoms. The Morgan fingerprint density at radius 3 is 2.67 bits per heavy atom. The predicted octanol–water partition coefficient (Wildman–Crippen LogP) is 6.94. The van der Waals surface area contributed by atoms with Crippen LogP contribution in [-0.2, 0) is 17.6 Å². The normalized spacial score (nSPS) is 23.2. The number of aliphatic hydroxyl groups excluding tert-OH is 1. The third kappa shape index (κ3) is 5.33. The van der Waals surface area contributed by atoms with Gasteiger partial charge in [-0.05, 0) is 93.1 Å². The largest absolute Gasteiger partial charge is 0.465 e. The van der Waals surface area contributed by atoms with Crippen LogP contribution in [0.2, 0.25) is 0 Å². The van der Waals surface area contributed by atoms with Crippen molar-refractivity contribution in [3.8, 4) is 0 Å². The molecule has 3 heterocycles. The number of carbonyl (C=O) groups excluding carboxylic acids is 1. The minimum atomic E-state index is -1.05. The molecule has 0 saturated carbocycles. The molecular weight excluding hydrogens is 660 g/mol. The number of rotatable bonds is 6. The second-order valence-corrected chi connectivity index (χ2v) is 14.8. The number of fused-ring (bicyclic) bond motifs is 1. The summed E-state index contributed by atoms with van der Waals surface area (Å²) in [6.07, 6.45) is 4.39. The van der Waals surface area contributed by atoms with Crippen LogP contribution in [0.4, 0.5) is 10.5 Å². The summed E-state index contributed by atoms with van der Waals surface area (Å²) in [7, 11) is 0. The molecule has 3 N–H and O–H groups in total. The average Bonchev–Trinajstić information content (AvgIpc) is 3.58. The lowest BCUT2D eigenvalue weighted by Crippen LogP contribution is -2.59. The van der Waals surface area contributed by atoms with Crippen molar-refractivity contribution in [3.63, 3.8) is 0 Å². The summed E-state index contributed by atoms with van der Waals surface area (Å²) in [6, 6.07) is 8.69. The Balaban J connectivity index is 1.39. The van der Waals surface area contributed by atoms with Crippen molar-refractivity contribution in [1.29, 1.82) is 0 Å². The van der Waals surface area contributed by atoms with Gasteiger partial charge in [-0.25, -0.2) is 9.78 Å². The number of carboxylic acid groups (broad SMARTS) is 1. The number of amides is 2. The summed E-state index contributed by atoms with van der Waals surface area (Å²) < 4.78 is 1.53. The van der Waals surface area contributed by atoms with Crippen molar-refractivity contribution >= 4 is 60.9 Å². The molecule has 2 aliphatic rings. The Hall–Kier alpha value is -2.34. The summed E-state index contributed by atoms with van der Waals surface area (Å²) in [5.74, 6) is -0.365. The molecular formula is C29H32Br2N4O4S. The number of hydrogen-bond acceptors (Lipinski definition) is 6. The first-order valence-corrected chi connectivity index (χ1v) is 15.7. The van der Waals surface area contributed by atoms with Gasteiger partial charge < -0.3 is 15.5 Å². The van der Waals surface area contributed by atoms with Gasteiger partial charge in [0.2, 0.25) is 5.91 Å². The minimum absolute atomic E-state index is 0.0868. The molecule has 2 amide bonds. The van der Waals surface area contributed by atoms with Gasteiger partial charge >= 0.3 is 6.09 Å². The number of halogens is 2. The zero-order valence-electron chi connectivity index (χ0n) is 22.5. The topological polar surface area (TPSA) is 116 Å². The van der Waals surface area contributed by atoms with Gasteiger partial charge in [0.25, 0.3) is 0 Å². The molecule has 2 aromatic heterocycles. The summed E-state index contributed by atoms with van der Waals surface area (Å²) in [4.78, 5) is 37.2. The van der Waals surface area contributed by atoms with E-state index in [1.807, 2.05) is 18.2 Å². The third-order valence-corrected chi connectivity index (χ3v) is 10.7. The third-order valence-electron chi connectivity index (χ3n) is 8.44. The predicted molar refractivity (Wildman–Crippen MR) is 162 cm³/mol. The molecule has 212 valence electrons. The van der Waals surface area contributed by atoms with Crippen molar-refractivity contribution < 1.29 is 19.8 Å². The molecule has 0 radical (unpaired) electrons. The molecule has 0 bridgehead atoms. The lowest BCUT2D eigenvalue weighted by atomic mass is 9.68. The molecule has 4 atom stereocenters. The van der Waals surface area contributed by atoms with Crippen molar-refractivity contribution in [2.75, 3.05) is 5.32 Å². The van der Waals surface area contributed by atoms with E-state index in [-0.39, 0.29) is 11.8 Å². The van der Waals surface area contributed by atoms with Crippen molar-refractivity contribution in [1.82, 2.24) is 14.9 Å². The summed E-state index contributed by atoms with van der Waals surface area (Å²) in [5, 5.41) is 24.7. The Morgan fingerprint density at radius 1 is 1.25 bits per heavy atom. The van der Waals surface area contributed by atoms with Crippen LogP contribution >= 0.6 is 43.2 Å². The number of benzene rings is 1. The highest BCUT2D eigenvalue weighted by Crippen LogP contribution is 2.51. The van der Waals surface area contributed by atoms with Crippen molar-refractivity contribution in [3.05, 3.63) is 72.8 Å². The van der Waals surface area contributed by atoms with Gasteiger partial charge in [0, 0.05) is 27.3 Å². The van der Waals surface area contributed by atoms with Gasteiger partial charge in [0.1, 0.15) is 6.10 Å². The van der Waals surface area contributed by atoms with Crippen molar-refractivity contribution in [2.24, 2.45) is 5.41 Å². The van der Waals surface area contributed by atoms with Crippen LogP contribution in [-0.4, -0.2) is 48.7 Å². The van der Waals surface area contributed by atoms with Crippen molar-refractivity contribution in [2.45, 2.75) is 76.5 Å². The number of pyridine rings is 1. The molecule has 8 nitrogen and oxygen atoms in total. The number of aryl methyl sites for hydroxylation is 1. The SMILES string of the molecule is CC(C)(C)[C@@]1(Cc2ccc(NC(=O)[C@@H]3CCc4sc(Br)nc43)c(Br)c2)CC[C@H]([C@H](O)c2cccnc2)N1C(=O)O. The number of nitrogens with one attached hydrogen (secondary N) is 1.